The maximum atomic E-state index is 10.5. The number of phenolic OH excluding ortho intramolecular Hbond substituents is 1. The first-order valence-corrected chi connectivity index (χ1v) is 9.84. The number of aromatic hydroxyl groups is 1. The number of aromatic nitrogens is 1. The van der Waals surface area contributed by atoms with Gasteiger partial charge in [-0.05, 0) is 71.8 Å². The van der Waals surface area contributed by atoms with Gasteiger partial charge in [-0.25, -0.2) is 4.98 Å². The molecule has 0 saturated heterocycles. The summed E-state index contributed by atoms with van der Waals surface area (Å²) in [5.74, 6) is 0.286. The van der Waals surface area contributed by atoms with Gasteiger partial charge in [0.05, 0.1) is 11.2 Å². The highest BCUT2D eigenvalue weighted by Gasteiger charge is 2.22. The van der Waals surface area contributed by atoms with Crippen LogP contribution in [0, 0.1) is 0 Å². The van der Waals surface area contributed by atoms with Crippen LogP contribution in [0.15, 0.2) is 59.1 Å². The summed E-state index contributed by atoms with van der Waals surface area (Å²) < 4.78 is 0.954. The third-order valence-corrected chi connectivity index (χ3v) is 5.90. The van der Waals surface area contributed by atoms with E-state index in [1.165, 1.54) is 40.1 Å². The third-order valence-electron chi connectivity index (χ3n) is 5.41. The van der Waals surface area contributed by atoms with Crippen molar-refractivity contribution in [2.24, 2.45) is 0 Å². The van der Waals surface area contributed by atoms with E-state index in [1.54, 1.807) is 6.07 Å². The zero-order valence-corrected chi connectivity index (χ0v) is 15.9. The molecule has 2 nitrogen and oxygen atoms in total. The summed E-state index contributed by atoms with van der Waals surface area (Å²) in [6, 6.07) is 18.4. The molecule has 0 saturated carbocycles. The van der Waals surface area contributed by atoms with E-state index in [9.17, 15) is 5.11 Å². The first-order valence-electron chi connectivity index (χ1n) is 9.04. The van der Waals surface area contributed by atoms with Gasteiger partial charge >= 0.3 is 0 Å². The van der Waals surface area contributed by atoms with Crippen LogP contribution >= 0.6 is 15.9 Å². The number of benzene rings is 3. The Balaban J connectivity index is 1.92. The lowest BCUT2D eigenvalue weighted by Gasteiger charge is -2.22. The SMILES string of the molecule is Oc1ccc(Br)cc1-c1nc2ccc3ccccc3c2c2c1CCCC2. The van der Waals surface area contributed by atoms with Crippen LogP contribution in [0.5, 0.6) is 5.75 Å². The molecule has 128 valence electrons. The predicted octanol–water partition coefficient (Wildman–Crippen LogP) is 6.40. The molecule has 1 heterocycles. The van der Waals surface area contributed by atoms with Crippen LogP contribution < -0.4 is 0 Å². The third kappa shape index (κ3) is 2.42. The zero-order valence-electron chi connectivity index (χ0n) is 14.3. The molecule has 1 aliphatic rings. The number of fused-ring (bicyclic) bond motifs is 5. The fourth-order valence-electron chi connectivity index (χ4n) is 4.22. The minimum Gasteiger partial charge on any atom is -0.507 e. The molecule has 0 amide bonds. The van der Waals surface area contributed by atoms with Gasteiger partial charge in [-0.1, -0.05) is 46.3 Å². The van der Waals surface area contributed by atoms with E-state index in [2.05, 4.69) is 52.3 Å². The molecule has 3 heteroatoms. The minimum absolute atomic E-state index is 0.286. The summed E-state index contributed by atoms with van der Waals surface area (Å²) in [7, 11) is 0. The van der Waals surface area contributed by atoms with Crippen LogP contribution in [0.3, 0.4) is 0 Å². The van der Waals surface area contributed by atoms with Gasteiger partial charge in [0.1, 0.15) is 5.75 Å². The summed E-state index contributed by atoms with van der Waals surface area (Å²) in [5, 5.41) is 14.3. The average Bonchev–Trinajstić information content (AvgIpc) is 2.69. The number of aryl methyl sites for hydroxylation is 1. The van der Waals surface area contributed by atoms with Gasteiger partial charge in [0, 0.05) is 15.4 Å². The highest BCUT2D eigenvalue weighted by molar-refractivity contribution is 9.10. The van der Waals surface area contributed by atoms with Gasteiger partial charge in [0.15, 0.2) is 0 Å². The van der Waals surface area contributed by atoms with E-state index < -0.39 is 0 Å². The molecule has 0 spiro atoms. The molecule has 0 radical (unpaired) electrons. The largest absolute Gasteiger partial charge is 0.507 e. The summed E-state index contributed by atoms with van der Waals surface area (Å²) in [6.45, 7) is 0. The van der Waals surface area contributed by atoms with Gasteiger partial charge < -0.3 is 5.11 Å². The topological polar surface area (TPSA) is 33.1 Å². The Morgan fingerprint density at radius 3 is 2.58 bits per heavy atom. The van der Waals surface area contributed by atoms with Crippen molar-refractivity contribution in [2.45, 2.75) is 25.7 Å². The second-order valence-electron chi connectivity index (χ2n) is 6.97. The van der Waals surface area contributed by atoms with Crippen LogP contribution in [0.25, 0.3) is 32.9 Å². The highest BCUT2D eigenvalue weighted by Crippen LogP contribution is 2.40. The van der Waals surface area contributed by atoms with Crippen molar-refractivity contribution in [2.75, 3.05) is 0 Å². The summed E-state index contributed by atoms with van der Waals surface area (Å²) >= 11 is 3.53. The lowest BCUT2D eigenvalue weighted by Crippen LogP contribution is -2.08. The second-order valence-corrected chi connectivity index (χ2v) is 7.88. The van der Waals surface area contributed by atoms with E-state index in [1.807, 2.05) is 12.1 Å². The maximum Gasteiger partial charge on any atom is 0.125 e. The van der Waals surface area contributed by atoms with E-state index >= 15 is 0 Å². The first-order chi connectivity index (χ1) is 12.7. The van der Waals surface area contributed by atoms with Crippen molar-refractivity contribution in [1.82, 2.24) is 4.98 Å². The Hall–Kier alpha value is -2.39. The van der Waals surface area contributed by atoms with Crippen molar-refractivity contribution in [3.8, 4) is 17.0 Å². The summed E-state index contributed by atoms with van der Waals surface area (Å²) in [4.78, 5) is 5.03. The number of hydrogen-bond acceptors (Lipinski definition) is 2. The molecular formula is C23H18BrNO. The normalized spacial score (nSPS) is 13.9. The van der Waals surface area contributed by atoms with Gasteiger partial charge in [0.2, 0.25) is 0 Å². The van der Waals surface area contributed by atoms with E-state index in [4.69, 9.17) is 4.98 Å². The van der Waals surface area contributed by atoms with Gasteiger partial charge in [-0.3, -0.25) is 0 Å². The molecule has 1 aliphatic carbocycles. The smallest absolute Gasteiger partial charge is 0.125 e. The second kappa shape index (κ2) is 6.10. The predicted molar refractivity (Wildman–Crippen MR) is 111 cm³/mol. The molecule has 0 aliphatic heterocycles. The van der Waals surface area contributed by atoms with Crippen molar-refractivity contribution < 1.29 is 5.11 Å². The number of pyridine rings is 1. The highest BCUT2D eigenvalue weighted by atomic mass is 79.9. The van der Waals surface area contributed by atoms with Crippen LogP contribution in [0.4, 0.5) is 0 Å². The molecule has 1 aromatic heterocycles. The molecule has 5 rings (SSSR count). The van der Waals surface area contributed by atoms with Crippen LogP contribution in [-0.2, 0) is 12.8 Å². The molecule has 26 heavy (non-hydrogen) atoms. The van der Waals surface area contributed by atoms with Crippen molar-refractivity contribution in [1.29, 1.82) is 0 Å². The van der Waals surface area contributed by atoms with E-state index in [0.29, 0.717) is 0 Å². The molecule has 0 fully saturated rings. The van der Waals surface area contributed by atoms with Crippen molar-refractivity contribution in [3.63, 3.8) is 0 Å². The number of halogens is 1. The quantitative estimate of drug-likeness (QED) is 0.372. The number of hydrogen-bond donors (Lipinski definition) is 1. The average molecular weight is 404 g/mol. The molecule has 0 bridgehead atoms. The molecule has 4 aromatic rings. The van der Waals surface area contributed by atoms with E-state index in [0.717, 1.165) is 34.1 Å². The maximum absolute atomic E-state index is 10.5. The van der Waals surface area contributed by atoms with Crippen molar-refractivity contribution >= 4 is 37.6 Å². The standard InChI is InChI=1S/C23H18BrNO/c24-15-10-12-21(26)19(13-15)23-18-8-4-3-7-17(18)22-16-6-2-1-5-14(16)9-11-20(22)25-23/h1-2,5-6,9-13,26H,3-4,7-8H2. The van der Waals surface area contributed by atoms with E-state index in [-0.39, 0.29) is 5.75 Å². The Kier molecular flexibility index (Phi) is 3.71. The summed E-state index contributed by atoms with van der Waals surface area (Å²) in [6.07, 6.45) is 4.47. The molecule has 3 aromatic carbocycles. The van der Waals surface area contributed by atoms with Crippen LogP contribution in [-0.4, -0.2) is 10.1 Å². The minimum atomic E-state index is 0.286. The lowest BCUT2D eigenvalue weighted by molar-refractivity contribution is 0.477. The molecular weight excluding hydrogens is 386 g/mol. The van der Waals surface area contributed by atoms with Crippen LogP contribution in [0.1, 0.15) is 24.0 Å². The summed E-state index contributed by atoms with van der Waals surface area (Å²) in [5.41, 5.74) is 5.47. The van der Waals surface area contributed by atoms with Gasteiger partial charge in [-0.15, -0.1) is 0 Å². The zero-order chi connectivity index (χ0) is 17.7. The van der Waals surface area contributed by atoms with Crippen molar-refractivity contribution in [3.05, 3.63) is 70.2 Å². The number of nitrogens with zero attached hydrogens (tertiary/aromatic N) is 1. The molecule has 0 unspecified atom stereocenters. The number of phenols is 1. The fourth-order valence-corrected chi connectivity index (χ4v) is 4.58. The Morgan fingerprint density at radius 1 is 0.885 bits per heavy atom. The van der Waals surface area contributed by atoms with Gasteiger partial charge in [0.25, 0.3) is 0 Å². The van der Waals surface area contributed by atoms with Crippen LogP contribution in [0.2, 0.25) is 0 Å². The Bertz CT molecular complexity index is 1170. The Morgan fingerprint density at radius 2 is 1.69 bits per heavy atom. The number of rotatable bonds is 1. The first kappa shape index (κ1) is 15.8. The molecule has 1 N–H and O–H groups in total. The monoisotopic (exact) mass is 403 g/mol. The molecule has 0 atom stereocenters. The Labute approximate surface area is 160 Å². The van der Waals surface area contributed by atoms with Gasteiger partial charge in [-0.2, -0.15) is 0 Å². The lowest BCUT2D eigenvalue weighted by atomic mass is 9.85. The fraction of sp³-hybridized carbons (Fsp3) is 0.174.